The van der Waals surface area contributed by atoms with E-state index in [1.54, 1.807) is 7.11 Å². The maximum absolute atomic E-state index is 12.4. The van der Waals surface area contributed by atoms with Gasteiger partial charge >= 0.3 is 0 Å². The molecule has 0 bridgehead atoms. The average molecular weight is 326 g/mol. The van der Waals surface area contributed by atoms with Gasteiger partial charge in [0.1, 0.15) is 5.75 Å². The predicted octanol–water partition coefficient (Wildman–Crippen LogP) is 3.94. The zero-order valence-corrected chi connectivity index (χ0v) is 15.1. The lowest BCUT2D eigenvalue weighted by atomic mass is 10.1. The summed E-state index contributed by atoms with van der Waals surface area (Å²) in [5.41, 5.74) is 4.12. The van der Waals surface area contributed by atoms with Gasteiger partial charge in [0.25, 0.3) is 0 Å². The van der Waals surface area contributed by atoms with Gasteiger partial charge < -0.3 is 10.1 Å². The number of methoxy groups -OCH3 is 1. The van der Waals surface area contributed by atoms with Crippen LogP contribution in [0.1, 0.15) is 29.7 Å². The van der Waals surface area contributed by atoms with Gasteiger partial charge in [0.15, 0.2) is 0 Å². The summed E-state index contributed by atoms with van der Waals surface area (Å²) in [5.74, 6) is 0.823. The van der Waals surface area contributed by atoms with Crippen LogP contribution < -0.4 is 10.1 Å². The smallest absolute Gasteiger partial charge is 0.238 e. The predicted molar refractivity (Wildman–Crippen MR) is 98.6 cm³/mol. The van der Waals surface area contributed by atoms with Crippen molar-refractivity contribution in [2.45, 2.75) is 26.8 Å². The number of hydrogen-bond acceptors (Lipinski definition) is 3. The van der Waals surface area contributed by atoms with E-state index < -0.39 is 0 Å². The molecule has 0 fully saturated rings. The minimum absolute atomic E-state index is 0.0170. The minimum Gasteiger partial charge on any atom is -0.496 e. The van der Waals surface area contributed by atoms with Crippen molar-refractivity contribution in [2.24, 2.45) is 0 Å². The number of carbonyl (C=O) groups is 1. The summed E-state index contributed by atoms with van der Waals surface area (Å²) in [5, 5.41) is 3.03. The van der Waals surface area contributed by atoms with E-state index in [1.165, 1.54) is 0 Å². The molecule has 0 aromatic heterocycles. The molecular formula is C20H26N2O2. The molecule has 0 aliphatic heterocycles. The Hall–Kier alpha value is -2.33. The van der Waals surface area contributed by atoms with Crippen molar-refractivity contribution in [3.05, 3.63) is 59.2 Å². The zero-order valence-electron chi connectivity index (χ0n) is 15.1. The highest BCUT2D eigenvalue weighted by atomic mass is 16.5. The van der Waals surface area contributed by atoms with Gasteiger partial charge in [0.05, 0.1) is 13.7 Å². The fourth-order valence-electron chi connectivity index (χ4n) is 2.80. The van der Waals surface area contributed by atoms with Crippen LogP contribution in [0.25, 0.3) is 0 Å². The van der Waals surface area contributed by atoms with Crippen molar-refractivity contribution in [1.82, 2.24) is 4.90 Å². The molecule has 2 rings (SSSR count). The molecule has 4 nitrogen and oxygen atoms in total. The number of aryl methyl sites for hydroxylation is 2. The number of anilines is 1. The molecule has 24 heavy (non-hydrogen) atoms. The molecule has 0 radical (unpaired) electrons. The first kappa shape index (κ1) is 18.0. The second-order valence-electron chi connectivity index (χ2n) is 6.15. The number of benzene rings is 2. The summed E-state index contributed by atoms with van der Waals surface area (Å²) in [6.45, 7) is 6.39. The van der Waals surface area contributed by atoms with E-state index in [-0.39, 0.29) is 11.9 Å². The SMILES string of the molecule is COc1ccccc1C(C)N(C)CC(=O)Nc1c(C)cccc1C. The third kappa shape index (κ3) is 4.15. The molecular weight excluding hydrogens is 300 g/mol. The molecule has 0 heterocycles. The molecule has 0 spiro atoms. The van der Waals surface area contributed by atoms with E-state index in [0.29, 0.717) is 6.54 Å². The summed E-state index contributed by atoms with van der Waals surface area (Å²) in [4.78, 5) is 14.4. The largest absolute Gasteiger partial charge is 0.496 e. The number of carbonyl (C=O) groups excluding carboxylic acids is 1. The summed E-state index contributed by atoms with van der Waals surface area (Å²) in [7, 11) is 3.61. The number of nitrogens with zero attached hydrogens (tertiary/aromatic N) is 1. The van der Waals surface area contributed by atoms with Crippen LogP contribution in [0.15, 0.2) is 42.5 Å². The molecule has 2 aromatic rings. The number of amides is 1. The Labute approximate surface area is 144 Å². The second kappa shape index (κ2) is 7.97. The summed E-state index contributed by atoms with van der Waals surface area (Å²) in [6, 6.07) is 14.0. The Kier molecular flexibility index (Phi) is 5.99. The Bertz CT molecular complexity index is 692. The van der Waals surface area contributed by atoms with E-state index in [1.807, 2.05) is 68.3 Å². The van der Waals surface area contributed by atoms with Gasteiger partial charge in [0, 0.05) is 17.3 Å². The van der Waals surface area contributed by atoms with Crippen LogP contribution in [0.3, 0.4) is 0 Å². The number of para-hydroxylation sites is 2. The molecule has 1 atom stereocenters. The van der Waals surface area contributed by atoms with E-state index in [4.69, 9.17) is 4.74 Å². The molecule has 1 amide bonds. The van der Waals surface area contributed by atoms with Crippen LogP contribution in [0.2, 0.25) is 0 Å². The van der Waals surface area contributed by atoms with Crippen LogP contribution in [-0.2, 0) is 4.79 Å². The standard InChI is InChI=1S/C20H26N2O2/c1-14-9-8-10-15(2)20(14)21-19(23)13-22(4)16(3)17-11-6-7-12-18(17)24-5/h6-12,16H,13H2,1-5H3,(H,21,23). The van der Waals surface area contributed by atoms with Crippen LogP contribution >= 0.6 is 0 Å². The maximum atomic E-state index is 12.4. The van der Waals surface area contributed by atoms with Crippen molar-refractivity contribution in [1.29, 1.82) is 0 Å². The van der Waals surface area contributed by atoms with E-state index in [9.17, 15) is 4.79 Å². The Morgan fingerprint density at radius 3 is 2.38 bits per heavy atom. The fraction of sp³-hybridized carbons (Fsp3) is 0.350. The van der Waals surface area contributed by atoms with Gasteiger partial charge in [-0.15, -0.1) is 0 Å². The third-order valence-electron chi connectivity index (χ3n) is 4.39. The lowest BCUT2D eigenvalue weighted by Gasteiger charge is -2.26. The number of nitrogens with one attached hydrogen (secondary N) is 1. The van der Waals surface area contributed by atoms with Gasteiger partial charge in [-0.1, -0.05) is 36.4 Å². The summed E-state index contributed by atoms with van der Waals surface area (Å²) < 4.78 is 5.42. The van der Waals surface area contributed by atoms with Crippen molar-refractivity contribution >= 4 is 11.6 Å². The van der Waals surface area contributed by atoms with Crippen LogP contribution in [-0.4, -0.2) is 31.5 Å². The fourth-order valence-corrected chi connectivity index (χ4v) is 2.80. The molecule has 0 aliphatic carbocycles. The van der Waals surface area contributed by atoms with Crippen molar-refractivity contribution in [3.8, 4) is 5.75 Å². The summed E-state index contributed by atoms with van der Waals surface area (Å²) >= 11 is 0. The number of ether oxygens (including phenoxy) is 1. The van der Waals surface area contributed by atoms with E-state index in [2.05, 4.69) is 12.2 Å². The third-order valence-corrected chi connectivity index (χ3v) is 4.39. The molecule has 2 aromatic carbocycles. The molecule has 0 saturated heterocycles. The topological polar surface area (TPSA) is 41.6 Å². The normalized spacial score (nSPS) is 12.1. The molecule has 4 heteroatoms. The van der Waals surface area contributed by atoms with Crippen molar-refractivity contribution in [2.75, 3.05) is 26.0 Å². The number of hydrogen-bond donors (Lipinski definition) is 1. The average Bonchev–Trinajstić information content (AvgIpc) is 2.57. The zero-order chi connectivity index (χ0) is 17.7. The molecule has 1 N–H and O–H groups in total. The number of likely N-dealkylation sites (N-methyl/N-ethyl adjacent to an activating group) is 1. The van der Waals surface area contributed by atoms with Crippen molar-refractivity contribution in [3.63, 3.8) is 0 Å². The van der Waals surface area contributed by atoms with E-state index >= 15 is 0 Å². The van der Waals surface area contributed by atoms with Crippen LogP contribution in [0.5, 0.6) is 5.75 Å². The molecule has 0 aliphatic rings. The van der Waals surface area contributed by atoms with Gasteiger partial charge in [-0.05, 0) is 45.0 Å². The maximum Gasteiger partial charge on any atom is 0.238 e. The minimum atomic E-state index is -0.0170. The Morgan fingerprint density at radius 1 is 1.12 bits per heavy atom. The highest BCUT2D eigenvalue weighted by Crippen LogP contribution is 2.28. The molecule has 128 valence electrons. The monoisotopic (exact) mass is 326 g/mol. The van der Waals surface area contributed by atoms with Gasteiger partial charge in [-0.3, -0.25) is 9.69 Å². The Morgan fingerprint density at radius 2 is 1.75 bits per heavy atom. The van der Waals surface area contributed by atoms with Crippen molar-refractivity contribution < 1.29 is 9.53 Å². The lowest BCUT2D eigenvalue weighted by molar-refractivity contribution is -0.117. The first-order valence-corrected chi connectivity index (χ1v) is 8.13. The molecule has 1 unspecified atom stereocenters. The highest BCUT2D eigenvalue weighted by Gasteiger charge is 2.18. The highest BCUT2D eigenvalue weighted by molar-refractivity contribution is 5.93. The molecule has 0 saturated carbocycles. The second-order valence-corrected chi connectivity index (χ2v) is 6.15. The first-order chi connectivity index (χ1) is 11.4. The quantitative estimate of drug-likeness (QED) is 0.874. The number of rotatable bonds is 6. The van der Waals surface area contributed by atoms with Crippen LogP contribution in [0, 0.1) is 13.8 Å². The first-order valence-electron chi connectivity index (χ1n) is 8.13. The summed E-state index contributed by atoms with van der Waals surface area (Å²) in [6.07, 6.45) is 0. The Balaban J connectivity index is 2.06. The van der Waals surface area contributed by atoms with Gasteiger partial charge in [-0.25, -0.2) is 0 Å². The van der Waals surface area contributed by atoms with Gasteiger partial charge in [-0.2, -0.15) is 0 Å². The van der Waals surface area contributed by atoms with E-state index in [0.717, 1.165) is 28.1 Å². The van der Waals surface area contributed by atoms with Crippen LogP contribution in [0.4, 0.5) is 5.69 Å². The lowest BCUT2D eigenvalue weighted by Crippen LogP contribution is -2.32. The van der Waals surface area contributed by atoms with Gasteiger partial charge in [0.2, 0.25) is 5.91 Å².